The Morgan fingerprint density at radius 1 is 0.975 bits per heavy atom. The van der Waals surface area contributed by atoms with Crippen molar-refractivity contribution >= 4 is 51.4 Å². The van der Waals surface area contributed by atoms with Crippen LogP contribution in [-0.4, -0.2) is 77.7 Å². The van der Waals surface area contributed by atoms with Gasteiger partial charge in [0, 0.05) is 35.8 Å². The van der Waals surface area contributed by atoms with Gasteiger partial charge in [0.25, 0.3) is 0 Å². The zero-order valence-electron chi connectivity index (χ0n) is 22.6. The normalized spacial score (nSPS) is 14.0. The largest absolute Gasteiger partial charge is 0.494 e. The molecule has 2 amide bonds. The predicted molar refractivity (Wildman–Crippen MR) is 160 cm³/mol. The molecule has 2 N–H and O–H groups in total. The van der Waals surface area contributed by atoms with Crippen molar-refractivity contribution < 1.29 is 14.7 Å². The molecule has 2 heterocycles. The zero-order chi connectivity index (χ0) is 28.2. The van der Waals surface area contributed by atoms with Gasteiger partial charge in [-0.05, 0) is 62.3 Å². The molecule has 0 bridgehead atoms. The van der Waals surface area contributed by atoms with Crippen molar-refractivity contribution in [2.45, 2.75) is 12.8 Å². The number of aliphatic imine (C=N–C) groups is 1. The van der Waals surface area contributed by atoms with Gasteiger partial charge in [0.2, 0.25) is 11.8 Å². The minimum absolute atomic E-state index is 0.00243. The standard InChI is InChI=1S/C31H32ClN5O3/c1-35(2)27(38)20-37(28(39)19-36-16-6-7-17-36)24-13-11-23(12-14-24)33-30(21-8-4-3-5-9-21)29-25-15-10-22(32)18-26(25)34-31(29)40/h3-5,8-15,18,34,40H,6-7,16-17,19-20H2,1-2H3. The van der Waals surface area contributed by atoms with Gasteiger partial charge >= 0.3 is 0 Å². The third kappa shape index (κ3) is 6.03. The number of likely N-dealkylation sites (tertiary alicyclic amines) is 1. The van der Waals surface area contributed by atoms with E-state index in [0.29, 0.717) is 33.2 Å². The molecule has 4 aromatic rings. The number of aromatic amines is 1. The molecule has 1 aliphatic heterocycles. The van der Waals surface area contributed by atoms with E-state index in [1.807, 2.05) is 48.5 Å². The third-order valence-corrected chi connectivity index (χ3v) is 7.31. The highest BCUT2D eigenvalue weighted by atomic mass is 35.5. The first kappa shape index (κ1) is 27.4. The first-order valence-electron chi connectivity index (χ1n) is 13.3. The second kappa shape index (κ2) is 11.9. The summed E-state index contributed by atoms with van der Waals surface area (Å²) >= 11 is 6.18. The number of benzene rings is 3. The van der Waals surface area contributed by atoms with Crippen LogP contribution in [-0.2, 0) is 9.59 Å². The van der Waals surface area contributed by atoms with E-state index in [0.717, 1.165) is 36.9 Å². The van der Waals surface area contributed by atoms with Crippen molar-refractivity contribution in [3.05, 3.63) is 88.9 Å². The zero-order valence-corrected chi connectivity index (χ0v) is 23.4. The van der Waals surface area contributed by atoms with E-state index in [1.165, 1.54) is 4.90 Å². The Bertz CT molecular complexity index is 1540. The third-order valence-electron chi connectivity index (χ3n) is 7.08. The molecule has 0 radical (unpaired) electrons. The summed E-state index contributed by atoms with van der Waals surface area (Å²) in [4.78, 5) is 39.0. The molecular weight excluding hydrogens is 526 g/mol. The van der Waals surface area contributed by atoms with Crippen LogP contribution < -0.4 is 4.90 Å². The number of carbonyl (C=O) groups is 2. The van der Waals surface area contributed by atoms with E-state index < -0.39 is 0 Å². The lowest BCUT2D eigenvalue weighted by atomic mass is 10.0. The molecule has 40 heavy (non-hydrogen) atoms. The number of carbonyl (C=O) groups excluding carboxylic acids is 2. The van der Waals surface area contributed by atoms with Crippen molar-refractivity contribution in [3.8, 4) is 5.88 Å². The minimum Gasteiger partial charge on any atom is -0.494 e. The van der Waals surface area contributed by atoms with Gasteiger partial charge in [-0.2, -0.15) is 0 Å². The van der Waals surface area contributed by atoms with Gasteiger partial charge in [-0.25, -0.2) is 4.99 Å². The maximum absolute atomic E-state index is 13.3. The Balaban J connectivity index is 1.51. The molecule has 5 rings (SSSR count). The molecule has 1 saturated heterocycles. The van der Waals surface area contributed by atoms with E-state index in [2.05, 4.69) is 9.88 Å². The molecule has 0 aliphatic carbocycles. The van der Waals surface area contributed by atoms with Crippen LogP contribution in [0.5, 0.6) is 5.88 Å². The average molecular weight is 558 g/mol. The fraction of sp³-hybridized carbons (Fsp3) is 0.258. The lowest BCUT2D eigenvalue weighted by Gasteiger charge is -2.26. The Labute approximate surface area is 238 Å². The lowest BCUT2D eigenvalue weighted by molar-refractivity contribution is -0.129. The molecule has 8 nitrogen and oxygen atoms in total. The first-order valence-corrected chi connectivity index (χ1v) is 13.7. The number of nitrogens with zero attached hydrogens (tertiary/aromatic N) is 4. The van der Waals surface area contributed by atoms with Crippen LogP contribution in [0.3, 0.4) is 0 Å². The number of hydrogen-bond donors (Lipinski definition) is 2. The van der Waals surface area contributed by atoms with Gasteiger partial charge < -0.3 is 19.9 Å². The molecule has 9 heteroatoms. The molecule has 0 spiro atoms. The highest BCUT2D eigenvalue weighted by Crippen LogP contribution is 2.33. The average Bonchev–Trinajstić information content (AvgIpc) is 3.57. The first-order chi connectivity index (χ1) is 19.3. The Hall–Kier alpha value is -4.14. The smallest absolute Gasteiger partial charge is 0.242 e. The Kier molecular flexibility index (Phi) is 8.19. The lowest BCUT2D eigenvalue weighted by Crippen LogP contribution is -2.44. The quantitative estimate of drug-likeness (QED) is 0.291. The summed E-state index contributed by atoms with van der Waals surface area (Å²) in [5, 5.41) is 12.2. The predicted octanol–water partition coefficient (Wildman–Crippen LogP) is 5.21. The van der Waals surface area contributed by atoms with Gasteiger partial charge in [0.1, 0.15) is 6.54 Å². The number of nitrogens with one attached hydrogen (secondary N) is 1. The number of aromatic hydroxyl groups is 1. The fourth-order valence-corrected chi connectivity index (χ4v) is 5.08. The van der Waals surface area contributed by atoms with E-state index >= 15 is 0 Å². The van der Waals surface area contributed by atoms with E-state index in [9.17, 15) is 14.7 Å². The van der Waals surface area contributed by atoms with Gasteiger partial charge in [-0.3, -0.25) is 14.5 Å². The molecule has 3 aromatic carbocycles. The second-order valence-electron chi connectivity index (χ2n) is 10.1. The number of aromatic nitrogens is 1. The van der Waals surface area contributed by atoms with Crippen LogP contribution >= 0.6 is 11.6 Å². The van der Waals surface area contributed by atoms with Crippen LogP contribution in [0.4, 0.5) is 11.4 Å². The van der Waals surface area contributed by atoms with Gasteiger partial charge in [-0.1, -0.05) is 48.0 Å². The SMILES string of the molecule is CN(C)C(=O)CN(C(=O)CN1CCCC1)c1ccc(N=C(c2ccccc2)c2c(O)[nH]c3cc(Cl)ccc23)cc1. The molecular formula is C31H32ClN5O3. The van der Waals surface area contributed by atoms with Crippen molar-refractivity contribution in [1.29, 1.82) is 0 Å². The van der Waals surface area contributed by atoms with Crippen LogP contribution in [0.15, 0.2) is 77.8 Å². The summed E-state index contributed by atoms with van der Waals surface area (Å²) in [7, 11) is 3.37. The van der Waals surface area contributed by atoms with Crippen LogP contribution in [0.2, 0.25) is 5.02 Å². The maximum atomic E-state index is 13.3. The van der Waals surface area contributed by atoms with Gasteiger partial charge in [0.05, 0.1) is 29.0 Å². The summed E-state index contributed by atoms with van der Waals surface area (Å²) in [6.45, 7) is 2.03. The van der Waals surface area contributed by atoms with Crippen LogP contribution in [0, 0.1) is 0 Å². The molecule has 1 fully saturated rings. The topological polar surface area (TPSA) is 92.2 Å². The molecule has 206 valence electrons. The number of halogens is 1. The summed E-state index contributed by atoms with van der Waals surface area (Å²) < 4.78 is 0. The van der Waals surface area contributed by atoms with E-state index in [-0.39, 0.29) is 30.8 Å². The molecule has 0 unspecified atom stereocenters. The maximum Gasteiger partial charge on any atom is 0.242 e. The number of hydrogen-bond acceptors (Lipinski definition) is 5. The number of anilines is 1. The molecule has 1 aliphatic rings. The van der Waals surface area contributed by atoms with Crippen molar-refractivity contribution in [2.75, 3.05) is 45.2 Å². The minimum atomic E-state index is -0.154. The Morgan fingerprint density at radius 2 is 1.68 bits per heavy atom. The van der Waals surface area contributed by atoms with Gasteiger partial charge in [-0.15, -0.1) is 0 Å². The highest BCUT2D eigenvalue weighted by Gasteiger charge is 2.24. The fourth-order valence-electron chi connectivity index (χ4n) is 4.91. The molecule has 1 aromatic heterocycles. The van der Waals surface area contributed by atoms with Crippen molar-refractivity contribution in [1.82, 2.24) is 14.8 Å². The number of fused-ring (bicyclic) bond motifs is 1. The van der Waals surface area contributed by atoms with Crippen molar-refractivity contribution in [3.63, 3.8) is 0 Å². The van der Waals surface area contributed by atoms with Crippen LogP contribution in [0.25, 0.3) is 10.9 Å². The number of amides is 2. The Morgan fingerprint density at radius 3 is 2.35 bits per heavy atom. The summed E-state index contributed by atoms with van der Waals surface area (Å²) in [5.41, 5.74) is 3.96. The summed E-state index contributed by atoms with van der Waals surface area (Å²) in [6.07, 6.45) is 2.17. The number of H-pyrrole nitrogens is 1. The molecule has 0 saturated carbocycles. The van der Waals surface area contributed by atoms with Crippen LogP contribution in [0.1, 0.15) is 24.0 Å². The van der Waals surface area contributed by atoms with E-state index in [1.54, 1.807) is 43.3 Å². The summed E-state index contributed by atoms with van der Waals surface area (Å²) in [5.74, 6) is -0.267. The monoisotopic (exact) mass is 557 g/mol. The summed E-state index contributed by atoms with van der Waals surface area (Å²) in [6, 6.07) is 22.3. The van der Waals surface area contributed by atoms with Gasteiger partial charge in [0.15, 0.2) is 5.88 Å². The second-order valence-corrected chi connectivity index (χ2v) is 10.6. The molecule has 0 atom stereocenters. The number of likely N-dealkylation sites (N-methyl/N-ethyl adjacent to an activating group) is 1. The van der Waals surface area contributed by atoms with Crippen molar-refractivity contribution in [2.24, 2.45) is 4.99 Å². The van der Waals surface area contributed by atoms with E-state index in [4.69, 9.17) is 16.6 Å². The number of rotatable bonds is 8. The highest BCUT2D eigenvalue weighted by molar-refractivity contribution is 6.31.